The fraction of sp³-hybridized carbons (Fsp3) is 0.429. The van der Waals surface area contributed by atoms with Crippen molar-refractivity contribution in [2.24, 2.45) is 5.73 Å². The zero-order valence-corrected chi connectivity index (χ0v) is 11.6. The summed E-state index contributed by atoms with van der Waals surface area (Å²) in [5, 5.41) is 11.3. The molecule has 7 nitrogen and oxygen atoms in total. The minimum atomic E-state index is -1.03. The third-order valence-electron chi connectivity index (χ3n) is 3.21. The summed E-state index contributed by atoms with van der Waals surface area (Å²) in [4.78, 5) is 24.1. The summed E-state index contributed by atoms with van der Waals surface area (Å²) >= 11 is 0. The van der Waals surface area contributed by atoms with Crippen molar-refractivity contribution < 1.29 is 19.4 Å². The van der Waals surface area contributed by atoms with Crippen molar-refractivity contribution in [3.63, 3.8) is 0 Å². The van der Waals surface area contributed by atoms with Gasteiger partial charge in [0.1, 0.15) is 5.75 Å². The molecule has 1 aromatic rings. The molecule has 0 aromatic heterocycles. The number of amides is 2. The molecular weight excluding hydrogens is 274 g/mol. The highest BCUT2D eigenvalue weighted by Gasteiger charge is 2.21. The first-order chi connectivity index (χ1) is 10.0. The van der Waals surface area contributed by atoms with Crippen LogP contribution in [0.4, 0.5) is 10.5 Å². The number of hydrogen-bond acceptors (Lipinski definition) is 4. The van der Waals surface area contributed by atoms with Gasteiger partial charge in [0.2, 0.25) is 0 Å². The monoisotopic (exact) mass is 293 g/mol. The standard InChI is InChI=1S/C14H19N3O4/c15-10-2-1-7-17(8-10)14(20)16-11-3-5-12(6-4-11)21-9-13(18)19/h3-6,10H,1-2,7-9,15H2,(H,16,20)(H,18,19). The Kier molecular flexibility index (Phi) is 4.99. The molecule has 2 rings (SSSR count). The second-order valence-corrected chi connectivity index (χ2v) is 4.99. The summed E-state index contributed by atoms with van der Waals surface area (Å²) in [5.74, 6) is -0.593. The van der Waals surface area contributed by atoms with Gasteiger partial charge in [-0.25, -0.2) is 9.59 Å². The normalized spacial score (nSPS) is 18.1. The Morgan fingerprint density at radius 2 is 2.10 bits per heavy atom. The molecule has 2 amide bonds. The van der Waals surface area contributed by atoms with Crippen LogP contribution in [-0.2, 0) is 4.79 Å². The smallest absolute Gasteiger partial charge is 0.341 e. The summed E-state index contributed by atoms with van der Waals surface area (Å²) in [5.41, 5.74) is 6.47. The predicted octanol–water partition coefficient (Wildman–Crippen LogP) is 1.10. The van der Waals surface area contributed by atoms with Crippen LogP contribution < -0.4 is 15.8 Å². The summed E-state index contributed by atoms with van der Waals surface area (Å²) in [6, 6.07) is 6.42. The van der Waals surface area contributed by atoms with Gasteiger partial charge in [0.05, 0.1) is 0 Å². The fourth-order valence-corrected chi connectivity index (χ4v) is 2.18. The Hall–Kier alpha value is -2.28. The fourth-order valence-electron chi connectivity index (χ4n) is 2.18. The maximum absolute atomic E-state index is 12.1. The average Bonchev–Trinajstić information content (AvgIpc) is 2.46. The van der Waals surface area contributed by atoms with E-state index in [2.05, 4.69) is 5.32 Å². The number of piperidine rings is 1. The zero-order chi connectivity index (χ0) is 15.2. The van der Waals surface area contributed by atoms with Crippen LogP contribution in [0.5, 0.6) is 5.75 Å². The molecule has 0 saturated carbocycles. The van der Waals surface area contributed by atoms with E-state index in [0.29, 0.717) is 24.5 Å². The van der Waals surface area contributed by atoms with Gasteiger partial charge in [0.25, 0.3) is 0 Å². The number of anilines is 1. The molecular formula is C14H19N3O4. The highest BCUT2D eigenvalue weighted by Crippen LogP contribution is 2.17. The molecule has 1 aliphatic rings. The minimum Gasteiger partial charge on any atom is -0.482 e. The Bertz CT molecular complexity index is 503. The number of carboxylic acid groups (broad SMARTS) is 1. The quantitative estimate of drug-likeness (QED) is 0.771. The molecule has 0 aliphatic carbocycles. The van der Waals surface area contributed by atoms with Crippen LogP contribution in [0.1, 0.15) is 12.8 Å². The maximum atomic E-state index is 12.1. The number of nitrogens with zero attached hydrogens (tertiary/aromatic N) is 1. The molecule has 1 fully saturated rings. The molecule has 0 bridgehead atoms. The van der Waals surface area contributed by atoms with Gasteiger partial charge in [-0.1, -0.05) is 0 Å². The van der Waals surface area contributed by atoms with Crippen LogP contribution in [0.3, 0.4) is 0 Å². The van der Waals surface area contributed by atoms with Crippen molar-refractivity contribution >= 4 is 17.7 Å². The zero-order valence-electron chi connectivity index (χ0n) is 11.6. The molecule has 1 heterocycles. The first-order valence-electron chi connectivity index (χ1n) is 6.81. The molecule has 1 aromatic carbocycles. The van der Waals surface area contributed by atoms with E-state index in [1.807, 2.05) is 0 Å². The summed E-state index contributed by atoms with van der Waals surface area (Å²) in [6.07, 6.45) is 1.86. The van der Waals surface area contributed by atoms with Gasteiger partial charge in [0.15, 0.2) is 6.61 Å². The molecule has 7 heteroatoms. The van der Waals surface area contributed by atoms with E-state index in [1.54, 1.807) is 29.2 Å². The highest BCUT2D eigenvalue weighted by molar-refractivity contribution is 5.89. The van der Waals surface area contributed by atoms with Crippen molar-refractivity contribution in [3.8, 4) is 5.75 Å². The van der Waals surface area contributed by atoms with E-state index in [0.717, 1.165) is 12.8 Å². The second-order valence-electron chi connectivity index (χ2n) is 4.99. The highest BCUT2D eigenvalue weighted by atomic mass is 16.5. The number of benzene rings is 1. The Morgan fingerprint density at radius 3 is 2.71 bits per heavy atom. The van der Waals surface area contributed by atoms with Crippen molar-refractivity contribution in [1.82, 2.24) is 4.90 Å². The average molecular weight is 293 g/mol. The lowest BCUT2D eigenvalue weighted by Crippen LogP contribution is -2.47. The third kappa shape index (κ3) is 4.64. The lowest BCUT2D eigenvalue weighted by Gasteiger charge is -2.30. The van der Waals surface area contributed by atoms with E-state index in [4.69, 9.17) is 15.6 Å². The Balaban J connectivity index is 1.87. The number of carbonyl (C=O) groups is 2. The number of carbonyl (C=O) groups excluding carboxylic acids is 1. The van der Waals surface area contributed by atoms with E-state index in [1.165, 1.54) is 0 Å². The van der Waals surface area contributed by atoms with Crippen LogP contribution in [-0.4, -0.2) is 47.7 Å². The van der Waals surface area contributed by atoms with Gasteiger partial charge in [-0.05, 0) is 37.1 Å². The molecule has 1 saturated heterocycles. The van der Waals surface area contributed by atoms with E-state index < -0.39 is 12.6 Å². The van der Waals surface area contributed by atoms with Gasteiger partial charge in [-0.3, -0.25) is 0 Å². The van der Waals surface area contributed by atoms with Crippen molar-refractivity contribution in [2.45, 2.75) is 18.9 Å². The Labute approximate surface area is 122 Å². The van der Waals surface area contributed by atoms with Crippen LogP contribution in [0.25, 0.3) is 0 Å². The summed E-state index contributed by atoms with van der Waals surface area (Å²) in [7, 11) is 0. The second kappa shape index (κ2) is 6.94. The number of urea groups is 1. The molecule has 114 valence electrons. The maximum Gasteiger partial charge on any atom is 0.341 e. The molecule has 4 N–H and O–H groups in total. The summed E-state index contributed by atoms with van der Waals surface area (Å²) in [6.45, 7) is 0.877. The van der Waals surface area contributed by atoms with Gasteiger partial charge in [-0.2, -0.15) is 0 Å². The first-order valence-corrected chi connectivity index (χ1v) is 6.81. The number of carboxylic acids is 1. The van der Waals surface area contributed by atoms with E-state index in [-0.39, 0.29) is 12.1 Å². The van der Waals surface area contributed by atoms with Gasteiger partial charge in [-0.15, -0.1) is 0 Å². The number of nitrogens with two attached hydrogens (primary N) is 1. The number of nitrogens with one attached hydrogen (secondary N) is 1. The van der Waals surface area contributed by atoms with E-state index >= 15 is 0 Å². The largest absolute Gasteiger partial charge is 0.482 e. The third-order valence-corrected chi connectivity index (χ3v) is 3.21. The topological polar surface area (TPSA) is 105 Å². The molecule has 0 radical (unpaired) electrons. The van der Waals surface area contributed by atoms with Crippen LogP contribution in [0, 0.1) is 0 Å². The SMILES string of the molecule is NC1CCCN(C(=O)Nc2ccc(OCC(=O)O)cc2)C1. The van der Waals surface area contributed by atoms with Crippen LogP contribution in [0.2, 0.25) is 0 Å². The lowest BCUT2D eigenvalue weighted by molar-refractivity contribution is -0.139. The molecule has 1 atom stereocenters. The first kappa shape index (κ1) is 15.1. The molecule has 1 unspecified atom stereocenters. The number of aliphatic carboxylic acids is 1. The predicted molar refractivity (Wildman–Crippen MR) is 77.4 cm³/mol. The van der Waals surface area contributed by atoms with Crippen molar-refractivity contribution in [1.29, 1.82) is 0 Å². The molecule has 0 spiro atoms. The summed E-state index contributed by atoms with van der Waals surface area (Å²) < 4.78 is 5.02. The van der Waals surface area contributed by atoms with Gasteiger partial charge < -0.3 is 25.8 Å². The van der Waals surface area contributed by atoms with Crippen LogP contribution >= 0.6 is 0 Å². The van der Waals surface area contributed by atoms with Crippen molar-refractivity contribution in [2.75, 3.05) is 25.0 Å². The molecule has 21 heavy (non-hydrogen) atoms. The van der Waals surface area contributed by atoms with Gasteiger partial charge >= 0.3 is 12.0 Å². The van der Waals surface area contributed by atoms with E-state index in [9.17, 15) is 9.59 Å². The number of ether oxygens (including phenoxy) is 1. The number of likely N-dealkylation sites (tertiary alicyclic amines) is 1. The molecule has 1 aliphatic heterocycles. The van der Waals surface area contributed by atoms with Gasteiger partial charge in [0, 0.05) is 24.8 Å². The minimum absolute atomic E-state index is 0.0382. The Morgan fingerprint density at radius 1 is 1.38 bits per heavy atom. The number of rotatable bonds is 4. The van der Waals surface area contributed by atoms with Crippen LogP contribution in [0.15, 0.2) is 24.3 Å². The van der Waals surface area contributed by atoms with Crippen molar-refractivity contribution in [3.05, 3.63) is 24.3 Å². The lowest BCUT2D eigenvalue weighted by atomic mass is 10.1. The number of hydrogen-bond donors (Lipinski definition) is 3.